The molecule has 1 saturated carbocycles. The highest BCUT2D eigenvalue weighted by atomic mass is 79.9. The van der Waals surface area contributed by atoms with Gasteiger partial charge in [-0.2, -0.15) is 0 Å². The number of carbonyl (C=O) groups excluding carboxylic acids is 1. The minimum absolute atomic E-state index is 0.0231. The lowest BCUT2D eigenvalue weighted by atomic mass is 9.84. The standard InChI is InChI=1S/C23H28BrF2N3O4SSi/c1-14-19(32-13-27-14)23-10-18(23)22(11-25,16-9-15(24)5-6-17(16)26)29-21(34-23)33-20(30)28-12-31-7-8-35(2,3)4/h5-6,9,13,18H,7-8,10-12H2,1-4H3,(H,28,30)/t18-,22+,23-/m0/s1. The molecule has 0 unspecified atom stereocenters. The van der Waals surface area contributed by atoms with Crippen LogP contribution >= 0.6 is 27.7 Å². The number of ether oxygens (including phenoxy) is 2. The molecule has 0 spiro atoms. The molecule has 1 amide bonds. The van der Waals surface area contributed by atoms with Crippen molar-refractivity contribution in [3.05, 3.63) is 51.9 Å². The maximum Gasteiger partial charge on any atom is 0.416 e. The number of nitrogens with one attached hydrogen (secondary N) is 1. The summed E-state index contributed by atoms with van der Waals surface area (Å²) in [5.74, 6) is -0.455. The van der Waals surface area contributed by atoms with Gasteiger partial charge in [-0.3, -0.25) is 5.32 Å². The molecule has 1 aromatic heterocycles. The molecule has 0 saturated heterocycles. The fourth-order valence-electron chi connectivity index (χ4n) is 4.33. The zero-order valence-electron chi connectivity index (χ0n) is 20.0. The Hall–Kier alpha value is -1.76. The number of nitrogens with zero attached hydrogens (tertiary/aromatic N) is 2. The zero-order chi connectivity index (χ0) is 25.4. The Morgan fingerprint density at radius 1 is 1.40 bits per heavy atom. The first kappa shape index (κ1) is 26.3. The van der Waals surface area contributed by atoms with Gasteiger partial charge in [-0.25, -0.2) is 23.6 Å². The van der Waals surface area contributed by atoms with E-state index in [1.807, 2.05) is 0 Å². The lowest BCUT2D eigenvalue weighted by Gasteiger charge is -2.34. The number of thioether (sulfide) groups is 1. The average Bonchev–Trinajstić information content (AvgIpc) is 3.37. The first-order chi connectivity index (χ1) is 16.5. The smallest absolute Gasteiger partial charge is 0.416 e. The van der Waals surface area contributed by atoms with Gasteiger partial charge >= 0.3 is 6.09 Å². The van der Waals surface area contributed by atoms with Crippen LogP contribution in [-0.2, 0) is 19.8 Å². The number of amides is 1. The van der Waals surface area contributed by atoms with E-state index < -0.39 is 42.9 Å². The van der Waals surface area contributed by atoms with Crippen LogP contribution < -0.4 is 5.32 Å². The van der Waals surface area contributed by atoms with Crippen molar-refractivity contribution < 1.29 is 27.5 Å². The molecule has 0 bridgehead atoms. The Bertz CT molecular complexity index is 1140. The van der Waals surface area contributed by atoms with E-state index in [0.29, 0.717) is 29.0 Å². The van der Waals surface area contributed by atoms with E-state index in [9.17, 15) is 9.18 Å². The molecule has 1 aromatic carbocycles. The minimum Gasteiger partial charge on any atom is -0.447 e. The third-order valence-electron chi connectivity index (χ3n) is 6.27. The molecular formula is C23H28BrF2N3O4SSi. The van der Waals surface area contributed by atoms with Gasteiger partial charge in [0.05, 0.1) is 10.4 Å². The van der Waals surface area contributed by atoms with Crippen LogP contribution in [0.5, 0.6) is 0 Å². The van der Waals surface area contributed by atoms with E-state index in [-0.39, 0.29) is 17.5 Å². The number of hydrogen-bond donors (Lipinski definition) is 1. The highest BCUT2D eigenvalue weighted by Crippen LogP contribution is 2.72. The topological polar surface area (TPSA) is 86.0 Å². The molecule has 1 N–H and O–H groups in total. The number of rotatable bonds is 8. The molecule has 2 aromatic rings. The maximum absolute atomic E-state index is 15.0. The van der Waals surface area contributed by atoms with Crippen molar-refractivity contribution in [2.45, 2.75) is 49.3 Å². The molecule has 1 aliphatic heterocycles. The molecule has 35 heavy (non-hydrogen) atoms. The number of alkyl carbamates (subject to hydrolysis) is 1. The van der Waals surface area contributed by atoms with E-state index in [4.69, 9.17) is 13.9 Å². The summed E-state index contributed by atoms with van der Waals surface area (Å²) in [7, 11) is -1.25. The summed E-state index contributed by atoms with van der Waals surface area (Å²) < 4.78 is 46.4. The number of benzene rings is 1. The van der Waals surface area contributed by atoms with Gasteiger partial charge in [0.15, 0.2) is 6.39 Å². The van der Waals surface area contributed by atoms with Crippen molar-refractivity contribution in [1.29, 1.82) is 0 Å². The molecule has 190 valence electrons. The van der Waals surface area contributed by atoms with Crippen LogP contribution in [0.1, 0.15) is 23.4 Å². The van der Waals surface area contributed by atoms with Gasteiger partial charge in [0, 0.05) is 30.6 Å². The molecule has 3 atom stereocenters. The molecular weight excluding hydrogens is 560 g/mol. The second-order valence-electron chi connectivity index (χ2n) is 10.0. The minimum atomic E-state index is -1.58. The Balaban J connectivity index is 1.59. The van der Waals surface area contributed by atoms with Gasteiger partial charge in [-0.05, 0) is 37.6 Å². The first-order valence-corrected chi connectivity index (χ1v) is 16.6. The summed E-state index contributed by atoms with van der Waals surface area (Å²) in [5, 5.41) is 2.47. The fourth-order valence-corrected chi connectivity index (χ4v) is 6.96. The largest absolute Gasteiger partial charge is 0.447 e. The Morgan fingerprint density at radius 2 is 2.17 bits per heavy atom. The first-order valence-electron chi connectivity index (χ1n) is 11.2. The number of halogens is 3. The van der Waals surface area contributed by atoms with Crippen LogP contribution in [0.4, 0.5) is 13.6 Å². The predicted molar refractivity (Wildman–Crippen MR) is 136 cm³/mol. The number of aromatic nitrogens is 1. The van der Waals surface area contributed by atoms with Gasteiger partial charge in [0.2, 0.25) is 0 Å². The lowest BCUT2D eigenvalue weighted by molar-refractivity contribution is 0.120. The fraction of sp³-hybridized carbons (Fsp3) is 0.522. The molecule has 2 heterocycles. The van der Waals surface area contributed by atoms with Crippen molar-refractivity contribution in [2.24, 2.45) is 10.9 Å². The molecule has 2 aliphatic rings. The Kier molecular flexibility index (Phi) is 7.47. The van der Waals surface area contributed by atoms with Crippen LogP contribution in [0, 0.1) is 18.7 Å². The number of carbonyl (C=O) groups is 1. The van der Waals surface area contributed by atoms with Gasteiger partial charge < -0.3 is 13.9 Å². The van der Waals surface area contributed by atoms with Crippen molar-refractivity contribution in [1.82, 2.24) is 10.3 Å². The Morgan fingerprint density at radius 3 is 2.83 bits per heavy atom. The van der Waals surface area contributed by atoms with Crippen molar-refractivity contribution in [2.75, 3.05) is 20.0 Å². The number of hydrogen-bond acceptors (Lipinski definition) is 7. The van der Waals surface area contributed by atoms with Gasteiger partial charge in [0.25, 0.3) is 5.23 Å². The molecule has 4 rings (SSSR count). The quantitative estimate of drug-likeness (QED) is 0.228. The summed E-state index contributed by atoms with van der Waals surface area (Å²) in [6.07, 6.45) is 1.000. The number of aryl methyl sites for hydroxylation is 1. The number of alkyl halides is 1. The maximum atomic E-state index is 15.0. The second kappa shape index (κ2) is 9.95. The van der Waals surface area contributed by atoms with Gasteiger partial charge in [-0.15, -0.1) is 0 Å². The molecule has 1 fully saturated rings. The SMILES string of the molecule is Cc1ncoc1[C@]12C[C@H]1[C@@](CF)(c1cc(Br)ccc1F)N=C(OC(=O)NCOCC[Si](C)(C)C)S2. The van der Waals surface area contributed by atoms with E-state index in [2.05, 4.69) is 50.9 Å². The molecule has 12 heteroatoms. The van der Waals surface area contributed by atoms with Crippen LogP contribution in [0.15, 0.2) is 38.5 Å². The highest BCUT2D eigenvalue weighted by molar-refractivity contribution is 9.10. The van der Waals surface area contributed by atoms with Crippen molar-refractivity contribution in [3.63, 3.8) is 0 Å². The Labute approximate surface area is 216 Å². The van der Waals surface area contributed by atoms with Gasteiger partial charge in [-0.1, -0.05) is 47.3 Å². The predicted octanol–water partition coefficient (Wildman–Crippen LogP) is 6.11. The number of oxazole rings is 1. The van der Waals surface area contributed by atoms with E-state index in [1.165, 1.54) is 30.3 Å². The van der Waals surface area contributed by atoms with E-state index in [0.717, 1.165) is 6.04 Å². The second-order valence-corrected chi connectivity index (χ2v) is 17.8. The van der Waals surface area contributed by atoms with Crippen LogP contribution in [0.25, 0.3) is 0 Å². The summed E-state index contributed by atoms with van der Waals surface area (Å²) in [4.78, 5) is 21.2. The van der Waals surface area contributed by atoms with E-state index in [1.54, 1.807) is 13.0 Å². The van der Waals surface area contributed by atoms with Crippen LogP contribution in [0.2, 0.25) is 25.7 Å². The third kappa shape index (κ3) is 5.35. The zero-order valence-corrected chi connectivity index (χ0v) is 23.4. The molecule has 7 nitrogen and oxygen atoms in total. The summed E-state index contributed by atoms with van der Waals surface area (Å²) in [6.45, 7) is 8.03. The van der Waals surface area contributed by atoms with Gasteiger partial charge in [0.1, 0.15) is 30.5 Å². The summed E-state index contributed by atoms with van der Waals surface area (Å²) >= 11 is 4.52. The van der Waals surface area contributed by atoms with Crippen molar-refractivity contribution >= 4 is 47.1 Å². The van der Waals surface area contributed by atoms with Crippen molar-refractivity contribution in [3.8, 4) is 0 Å². The lowest BCUT2D eigenvalue weighted by Crippen LogP contribution is -2.39. The van der Waals surface area contributed by atoms with E-state index >= 15 is 4.39 Å². The normalized spacial score (nSPS) is 25.6. The monoisotopic (exact) mass is 587 g/mol. The number of aliphatic imine (C=N–C) groups is 1. The summed E-state index contributed by atoms with van der Waals surface area (Å²) in [5.41, 5.74) is -0.846. The molecule has 0 radical (unpaired) electrons. The highest BCUT2D eigenvalue weighted by Gasteiger charge is 2.72. The number of fused-ring (bicyclic) bond motifs is 1. The summed E-state index contributed by atoms with van der Waals surface area (Å²) in [6, 6.07) is 5.29. The molecule has 1 aliphatic carbocycles. The van der Waals surface area contributed by atoms with Crippen LogP contribution in [-0.4, -0.2) is 44.4 Å². The third-order valence-corrected chi connectivity index (χ3v) is 9.82. The van der Waals surface area contributed by atoms with Crippen LogP contribution in [0.3, 0.4) is 0 Å². The average molecular weight is 589 g/mol.